The Morgan fingerprint density at radius 2 is 1.73 bits per heavy atom. The fourth-order valence-corrected chi connectivity index (χ4v) is 4.91. The molecule has 0 aliphatic heterocycles. The normalized spacial score (nSPS) is 12.5. The number of aromatic nitrogens is 2. The van der Waals surface area contributed by atoms with Gasteiger partial charge in [0.15, 0.2) is 4.34 Å². The van der Waals surface area contributed by atoms with E-state index in [1.165, 1.54) is 16.9 Å². The van der Waals surface area contributed by atoms with Crippen LogP contribution in [-0.4, -0.2) is 27.8 Å². The Labute approximate surface area is 201 Å². The van der Waals surface area contributed by atoms with Crippen LogP contribution < -0.4 is 10.1 Å². The monoisotopic (exact) mass is 484 g/mol. The largest absolute Gasteiger partial charge is 0.445 e. The zero-order valence-electron chi connectivity index (χ0n) is 18.9. The Hall–Kier alpha value is -2.91. The third-order valence-electron chi connectivity index (χ3n) is 4.73. The van der Waals surface area contributed by atoms with Crippen molar-refractivity contribution in [2.24, 2.45) is 10.9 Å². The van der Waals surface area contributed by atoms with Crippen molar-refractivity contribution in [3.63, 3.8) is 0 Å². The molecule has 0 saturated heterocycles. The molecule has 0 radical (unpaired) electrons. The molecule has 33 heavy (non-hydrogen) atoms. The van der Waals surface area contributed by atoms with Gasteiger partial charge in [0.1, 0.15) is 12.6 Å². The molecule has 0 aliphatic carbocycles. The molecule has 2 aromatic carbocycles. The molecule has 7 nitrogen and oxygen atoms in total. The molecular formula is C24H28N4O3S2. The van der Waals surface area contributed by atoms with E-state index in [4.69, 9.17) is 4.74 Å². The molecule has 9 heteroatoms. The first-order chi connectivity index (χ1) is 16.0. The number of carbonyl (C=O) groups is 2. The lowest BCUT2D eigenvalue weighted by atomic mass is 10.0. The topological polar surface area (TPSA) is 85.6 Å². The van der Waals surface area contributed by atoms with Gasteiger partial charge in [0.2, 0.25) is 4.80 Å². The first-order valence-electron chi connectivity index (χ1n) is 10.8. The first kappa shape index (κ1) is 24.7. The van der Waals surface area contributed by atoms with Crippen molar-refractivity contribution in [3.05, 3.63) is 76.6 Å². The summed E-state index contributed by atoms with van der Waals surface area (Å²) in [4.78, 5) is 30.0. The molecule has 0 fully saturated rings. The van der Waals surface area contributed by atoms with Crippen molar-refractivity contribution in [3.8, 4) is 0 Å². The van der Waals surface area contributed by atoms with Crippen LogP contribution in [0.2, 0.25) is 0 Å². The summed E-state index contributed by atoms with van der Waals surface area (Å²) in [5.41, 5.74) is 2.08. The number of amides is 2. The van der Waals surface area contributed by atoms with Crippen LogP contribution in [0, 0.1) is 5.92 Å². The summed E-state index contributed by atoms with van der Waals surface area (Å²) < 4.78 is 7.82. The lowest BCUT2D eigenvalue weighted by Gasteiger charge is -2.18. The maximum atomic E-state index is 12.9. The molecule has 1 aromatic heterocycles. The Morgan fingerprint density at radius 3 is 2.33 bits per heavy atom. The number of hydrogen-bond acceptors (Lipinski definition) is 6. The van der Waals surface area contributed by atoms with Crippen LogP contribution in [0.25, 0.3) is 0 Å². The van der Waals surface area contributed by atoms with Crippen molar-refractivity contribution < 1.29 is 14.3 Å². The summed E-state index contributed by atoms with van der Waals surface area (Å²) >= 11 is 2.98. The summed E-state index contributed by atoms with van der Waals surface area (Å²) in [6.07, 6.45) is -0.645. The van der Waals surface area contributed by atoms with Crippen LogP contribution in [0.15, 0.2) is 70.0 Å². The van der Waals surface area contributed by atoms with Gasteiger partial charge >= 0.3 is 6.09 Å². The molecule has 1 atom stereocenters. The van der Waals surface area contributed by atoms with Gasteiger partial charge in [-0.1, -0.05) is 97.6 Å². The lowest BCUT2D eigenvalue weighted by molar-refractivity contribution is -0.121. The van der Waals surface area contributed by atoms with Gasteiger partial charge in [0.25, 0.3) is 5.91 Å². The average Bonchev–Trinajstić information content (AvgIpc) is 3.22. The summed E-state index contributed by atoms with van der Waals surface area (Å²) in [5, 5.41) is 7.23. The Kier molecular flexibility index (Phi) is 9.26. The highest BCUT2D eigenvalue weighted by Crippen LogP contribution is 2.22. The molecule has 0 bridgehead atoms. The third kappa shape index (κ3) is 7.57. The molecule has 3 aromatic rings. The molecule has 0 unspecified atom stereocenters. The highest BCUT2D eigenvalue weighted by atomic mass is 32.2. The van der Waals surface area contributed by atoms with Crippen LogP contribution in [0.1, 0.15) is 31.9 Å². The fourth-order valence-electron chi connectivity index (χ4n) is 2.93. The zero-order valence-corrected chi connectivity index (χ0v) is 20.6. The number of alkyl carbamates (subject to hydrolysis) is 1. The minimum Gasteiger partial charge on any atom is -0.445 e. The van der Waals surface area contributed by atoms with Crippen LogP contribution >= 0.6 is 23.1 Å². The molecule has 174 valence electrons. The van der Waals surface area contributed by atoms with E-state index in [0.717, 1.165) is 15.7 Å². The van der Waals surface area contributed by atoms with E-state index in [-0.39, 0.29) is 12.5 Å². The molecular weight excluding hydrogens is 456 g/mol. The molecule has 3 rings (SSSR count). The Morgan fingerprint density at radius 1 is 1.09 bits per heavy atom. The Bertz CT molecular complexity index is 1110. The Balaban J connectivity index is 1.67. The molecule has 1 N–H and O–H groups in total. The van der Waals surface area contributed by atoms with Crippen molar-refractivity contribution in [2.45, 2.75) is 50.1 Å². The quantitative estimate of drug-likeness (QED) is 0.448. The van der Waals surface area contributed by atoms with Crippen LogP contribution in [0.3, 0.4) is 0 Å². The van der Waals surface area contributed by atoms with Crippen molar-refractivity contribution in [1.29, 1.82) is 0 Å². The number of rotatable bonds is 9. The second kappa shape index (κ2) is 12.4. The number of nitrogens with zero attached hydrogens (tertiary/aromatic N) is 3. The second-order valence-corrected chi connectivity index (χ2v) is 9.80. The predicted octanol–water partition coefficient (Wildman–Crippen LogP) is 4.64. The van der Waals surface area contributed by atoms with Crippen LogP contribution in [0.4, 0.5) is 4.79 Å². The van der Waals surface area contributed by atoms with Crippen LogP contribution in [0.5, 0.6) is 0 Å². The van der Waals surface area contributed by atoms with Gasteiger partial charge in [-0.2, -0.15) is 10.1 Å². The average molecular weight is 485 g/mol. The van der Waals surface area contributed by atoms with E-state index in [1.54, 1.807) is 16.4 Å². The summed E-state index contributed by atoms with van der Waals surface area (Å²) in [7, 11) is 0. The predicted molar refractivity (Wildman–Crippen MR) is 131 cm³/mol. The standard InChI is InChI=1S/C24H28N4O3S2/c1-4-28-22(33-24(27-28)32-16-19-13-9-6-10-14-19)26-21(29)20(17(2)3)25-23(30)31-15-18-11-7-5-8-12-18/h5-14,17,20H,4,15-16H2,1-3H3,(H,25,30)/t20-/m0/s1. The van der Waals surface area contributed by atoms with E-state index in [0.29, 0.717) is 11.3 Å². The third-order valence-corrected chi connectivity index (χ3v) is 6.88. The van der Waals surface area contributed by atoms with E-state index in [2.05, 4.69) is 27.5 Å². The first-order valence-corrected chi connectivity index (χ1v) is 12.6. The van der Waals surface area contributed by atoms with Gasteiger partial charge in [-0.15, -0.1) is 0 Å². The summed E-state index contributed by atoms with van der Waals surface area (Å²) in [5.74, 6) is 0.210. The van der Waals surface area contributed by atoms with Crippen molar-refractivity contribution in [2.75, 3.05) is 0 Å². The highest BCUT2D eigenvalue weighted by Gasteiger charge is 2.25. The SMILES string of the molecule is CCn1nc(SCc2ccccc2)sc1=NC(=O)[C@@H](NC(=O)OCc1ccccc1)C(C)C. The van der Waals surface area contributed by atoms with E-state index in [9.17, 15) is 9.59 Å². The molecule has 2 amide bonds. The fraction of sp³-hybridized carbons (Fsp3) is 0.333. The zero-order chi connectivity index (χ0) is 23.6. The number of hydrogen-bond donors (Lipinski definition) is 1. The highest BCUT2D eigenvalue weighted by molar-refractivity contribution is 8.00. The summed E-state index contributed by atoms with van der Waals surface area (Å²) in [6.45, 7) is 6.39. The van der Waals surface area contributed by atoms with Gasteiger partial charge in [-0.25, -0.2) is 9.48 Å². The number of thioether (sulfide) groups is 1. The number of nitrogens with one attached hydrogen (secondary N) is 1. The number of ether oxygens (including phenoxy) is 1. The number of carbonyl (C=O) groups excluding carboxylic acids is 2. The number of benzene rings is 2. The second-order valence-electron chi connectivity index (χ2n) is 7.62. The van der Waals surface area contributed by atoms with Crippen LogP contribution in [-0.2, 0) is 28.4 Å². The smallest absolute Gasteiger partial charge is 0.408 e. The molecule has 0 spiro atoms. The lowest BCUT2D eigenvalue weighted by Crippen LogP contribution is -2.44. The van der Waals surface area contributed by atoms with Gasteiger partial charge in [-0.05, 0) is 24.0 Å². The maximum absolute atomic E-state index is 12.9. The molecule has 0 aliphatic rings. The van der Waals surface area contributed by atoms with E-state index >= 15 is 0 Å². The molecule has 1 heterocycles. The van der Waals surface area contributed by atoms with Crippen molar-refractivity contribution in [1.82, 2.24) is 15.1 Å². The molecule has 0 saturated carbocycles. The minimum absolute atomic E-state index is 0.134. The maximum Gasteiger partial charge on any atom is 0.408 e. The summed E-state index contributed by atoms with van der Waals surface area (Å²) in [6, 6.07) is 18.7. The van der Waals surface area contributed by atoms with E-state index in [1.807, 2.05) is 69.3 Å². The van der Waals surface area contributed by atoms with Crippen molar-refractivity contribution >= 4 is 35.1 Å². The number of aryl methyl sites for hydroxylation is 1. The minimum atomic E-state index is -0.791. The van der Waals surface area contributed by atoms with E-state index < -0.39 is 18.0 Å². The van der Waals surface area contributed by atoms with Gasteiger partial charge in [-0.3, -0.25) is 4.79 Å². The van der Waals surface area contributed by atoms with Gasteiger partial charge in [0.05, 0.1) is 0 Å². The van der Waals surface area contributed by atoms with Gasteiger partial charge < -0.3 is 10.1 Å². The van der Waals surface area contributed by atoms with Gasteiger partial charge in [0, 0.05) is 12.3 Å².